The summed E-state index contributed by atoms with van der Waals surface area (Å²) in [5.41, 5.74) is 5.22. The van der Waals surface area contributed by atoms with E-state index in [2.05, 4.69) is 25.9 Å². The summed E-state index contributed by atoms with van der Waals surface area (Å²) in [6.45, 7) is 1.85. The monoisotopic (exact) mass is 299 g/mol. The third kappa shape index (κ3) is 1.62. The summed E-state index contributed by atoms with van der Waals surface area (Å²) in [5.74, 6) is -0.203. The highest BCUT2D eigenvalue weighted by molar-refractivity contribution is 9.10. The number of aromatic nitrogens is 1. The molecule has 6 heteroatoms. The molecule has 2 N–H and O–H groups in total. The van der Waals surface area contributed by atoms with Crippen LogP contribution in [0, 0.1) is 11.7 Å². The first-order valence-corrected chi connectivity index (χ1v) is 6.14. The lowest BCUT2D eigenvalue weighted by atomic mass is 9.91. The van der Waals surface area contributed by atoms with Crippen molar-refractivity contribution in [2.75, 3.05) is 0 Å². The molecule has 0 radical (unpaired) electrons. The maximum absolute atomic E-state index is 13.9. The van der Waals surface area contributed by atoms with Gasteiger partial charge in [-0.3, -0.25) is 0 Å². The number of hydrogen-bond donors (Lipinski definition) is 1. The zero-order valence-corrected chi connectivity index (χ0v) is 10.7. The minimum atomic E-state index is -0.721. The van der Waals surface area contributed by atoms with E-state index < -0.39 is 5.54 Å². The molecule has 2 aliphatic rings. The molecule has 1 fully saturated rings. The van der Waals surface area contributed by atoms with Crippen LogP contribution in [0.4, 0.5) is 4.39 Å². The van der Waals surface area contributed by atoms with Crippen LogP contribution >= 0.6 is 15.9 Å². The fourth-order valence-electron chi connectivity index (χ4n) is 2.39. The molecule has 0 aromatic carbocycles. The van der Waals surface area contributed by atoms with E-state index >= 15 is 0 Å². The second kappa shape index (κ2) is 3.41. The first kappa shape index (κ1) is 11.0. The van der Waals surface area contributed by atoms with Gasteiger partial charge in [0, 0.05) is 5.92 Å². The molecule has 0 spiro atoms. The summed E-state index contributed by atoms with van der Waals surface area (Å²) < 4.78 is 19.8. The molecule has 3 rings (SSSR count). The van der Waals surface area contributed by atoms with E-state index in [0.29, 0.717) is 10.3 Å². The van der Waals surface area contributed by atoms with Gasteiger partial charge in [-0.2, -0.15) is 0 Å². The number of halogens is 2. The molecule has 1 aliphatic carbocycles. The molecule has 3 atom stereocenters. The second-order valence-corrected chi connectivity index (χ2v) is 5.37. The number of ether oxygens (including phenoxy) is 1. The van der Waals surface area contributed by atoms with Crippen LogP contribution in [0.1, 0.15) is 19.0 Å². The fraction of sp³-hybridized carbons (Fsp3) is 0.455. The molecule has 4 nitrogen and oxygen atoms in total. The quantitative estimate of drug-likeness (QED) is 0.806. The standard InChI is InChI=1S/C11H11BrFN3O/c1-11(5-4-7(5)17-10(14)16-11)9-6(13)2-3-8(12)15-9/h2-3,5,7H,4H2,1H3,(H2,14,16). The van der Waals surface area contributed by atoms with Crippen LogP contribution in [0.5, 0.6) is 0 Å². The van der Waals surface area contributed by atoms with Crippen molar-refractivity contribution < 1.29 is 9.13 Å². The minimum absolute atomic E-state index is 0.0534. The Morgan fingerprint density at radius 2 is 2.35 bits per heavy atom. The van der Waals surface area contributed by atoms with Crippen molar-refractivity contribution in [3.8, 4) is 0 Å². The normalized spacial score (nSPS) is 34.6. The lowest BCUT2D eigenvalue weighted by Crippen LogP contribution is -2.36. The Morgan fingerprint density at radius 1 is 1.59 bits per heavy atom. The number of pyridine rings is 1. The lowest BCUT2D eigenvalue weighted by molar-refractivity contribution is 0.199. The minimum Gasteiger partial charge on any atom is -0.462 e. The van der Waals surface area contributed by atoms with Gasteiger partial charge in [-0.05, 0) is 41.4 Å². The van der Waals surface area contributed by atoms with Crippen LogP contribution in [0.2, 0.25) is 0 Å². The van der Waals surface area contributed by atoms with Gasteiger partial charge in [0.25, 0.3) is 6.02 Å². The predicted molar refractivity (Wildman–Crippen MR) is 63.8 cm³/mol. The Labute approximate surface area is 106 Å². The van der Waals surface area contributed by atoms with Gasteiger partial charge < -0.3 is 10.5 Å². The smallest absolute Gasteiger partial charge is 0.283 e. The highest BCUT2D eigenvalue weighted by atomic mass is 79.9. The zero-order chi connectivity index (χ0) is 12.2. The average Bonchev–Trinajstić information content (AvgIpc) is 3.01. The van der Waals surface area contributed by atoms with Crippen LogP contribution in [-0.2, 0) is 10.3 Å². The summed E-state index contributed by atoms with van der Waals surface area (Å²) in [4.78, 5) is 8.46. The van der Waals surface area contributed by atoms with Crippen molar-refractivity contribution in [2.24, 2.45) is 16.6 Å². The summed E-state index contributed by atoms with van der Waals surface area (Å²) in [5, 5.41) is 0. The lowest BCUT2D eigenvalue weighted by Gasteiger charge is -2.29. The van der Waals surface area contributed by atoms with E-state index in [1.165, 1.54) is 6.07 Å². The summed E-state index contributed by atoms with van der Waals surface area (Å²) in [7, 11) is 0. The molecule has 0 bridgehead atoms. The average molecular weight is 300 g/mol. The molecule has 1 aromatic heterocycles. The number of nitrogens with two attached hydrogens (primary N) is 1. The molecular weight excluding hydrogens is 289 g/mol. The zero-order valence-electron chi connectivity index (χ0n) is 9.15. The molecule has 90 valence electrons. The molecule has 2 heterocycles. The maximum atomic E-state index is 13.9. The first-order valence-electron chi connectivity index (χ1n) is 5.35. The van der Waals surface area contributed by atoms with Gasteiger partial charge in [-0.1, -0.05) is 0 Å². The van der Waals surface area contributed by atoms with Crippen molar-refractivity contribution in [3.63, 3.8) is 0 Å². The van der Waals surface area contributed by atoms with Gasteiger partial charge in [-0.15, -0.1) is 0 Å². The molecule has 1 aliphatic heterocycles. The third-order valence-corrected chi connectivity index (χ3v) is 3.80. The van der Waals surface area contributed by atoms with Crippen molar-refractivity contribution in [1.29, 1.82) is 0 Å². The number of rotatable bonds is 1. The Hall–Kier alpha value is -1.17. The molecule has 17 heavy (non-hydrogen) atoms. The van der Waals surface area contributed by atoms with Crippen LogP contribution in [0.15, 0.2) is 21.7 Å². The molecule has 3 unspecified atom stereocenters. The summed E-state index contributed by atoms with van der Waals surface area (Å²) in [6, 6.07) is 3.07. The summed E-state index contributed by atoms with van der Waals surface area (Å²) in [6.07, 6.45) is 0.895. The number of hydrogen-bond acceptors (Lipinski definition) is 4. The number of fused-ring (bicyclic) bond motifs is 1. The number of nitrogens with zero attached hydrogens (tertiary/aromatic N) is 2. The Balaban J connectivity index is 2.13. The number of amidine groups is 1. The predicted octanol–water partition coefficient (Wildman–Crippen LogP) is 1.93. The van der Waals surface area contributed by atoms with E-state index in [9.17, 15) is 4.39 Å². The van der Waals surface area contributed by atoms with E-state index in [-0.39, 0.29) is 23.9 Å². The SMILES string of the molecule is CC1(c2nc(Br)ccc2F)N=C(N)OC2CC21. The van der Waals surface area contributed by atoms with E-state index in [1.807, 2.05) is 6.92 Å². The van der Waals surface area contributed by atoms with Crippen LogP contribution in [0.25, 0.3) is 0 Å². The fourth-order valence-corrected chi connectivity index (χ4v) is 2.70. The van der Waals surface area contributed by atoms with Crippen LogP contribution in [-0.4, -0.2) is 17.1 Å². The highest BCUT2D eigenvalue weighted by Crippen LogP contribution is 2.52. The van der Waals surface area contributed by atoms with Crippen molar-refractivity contribution >= 4 is 22.0 Å². The van der Waals surface area contributed by atoms with Gasteiger partial charge in [0.1, 0.15) is 27.8 Å². The van der Waals surface area contributed by atoms with Gasteiger partial charge in [0.15, 0.2) is 0 Å². The second-order valence-electron chi connectivity index (χ2n) is 4.56. The van der Waals surface area contributed by atoms with Gasteiger partial charge >= 0.3 is 0 Å². The van der Waals surface area contributed by atoms with Gasteiger partial charge in [0.05, 0.1) is 0 Å². The molecule has 0 amide bonds. The van der Waals surface area contributed by atoms with Crippen molar-refractivity contribution in [1.82, 2.24) is 4.98 Å². The Morgan fingerprint density at radius 3 is 3.12 bits per heavy atom. The van der Waals surface area contributed by atoms with Gasteiger partial charge in [0.2, 0.25) is 0 Å². The van der Waals surface area contributed by atoms with Crippen molar-refractivity contribution in [3.05, 3.63) is 28.2 Å². The largest absolute Gasteiger partial charge is 0.462 e. The molecular formula is C11H11BrFN3O. The Bertz CT molecular complexity index is 521. The highest BCUT2D eigenvalue weighted by Gasteiger charge is 2.57. The van der Waals surface area contributed by atoms with E-state index in [4.69, 9.17) is 10.5 Å². The third-order valence-electron chi connectivity index (χ3n) is 3.36. The van der Waals surface area contributed by atoms with Crippen LogP contribution in [0.3, 0.4) is 0 Å². The van der Waals surface area contributed by atoms with E-state index in [1.54, 1.807) is 6.07 Å². The van der Waals surface area contributed by atoms with E-state index in [0.717, 1.165) is 6.42 Å². The first-order chi connectivity index (χ1) is 8.00. The van der Waals surface area contributed by atoms with Crippen molar-refractivity contribution in [2.45, 2.75) is 25.0 Å². The summed E-state index contributed by atoms with van der Waals surface area (Å²) >= 11 is 3.25. The molecule has 0 saturated heterocycles. The molecule has 1 saturated carbocycles. The van der Waals surface area contributed by atoms with Gasteiger partial charge in [-0.25, -0.2) is 14.4 Å². The maximum Gasteiger partial charge on any atom is 0.283 e. The van der Waals surface area contributed by atoms with Crippen LogP contribution < -0.4 is 5.73 Å². The topological polar surface area (TPSA) is 60.5 Å². The Kier molecular flexibility index (Phi) is 2.20. The number of aliphatic imine (C=N–C) groups is 1. The molecule has 1 aromatic rings.